The van der Waals surface area contributed by atoms with Crippen LogP contribution in [0.5, 0.6) is 5.88 Å². The first-order chi connectivity index (χ1) is 6.79. The topological polar surface area (TPSA) is 57.9 Å². The van der Waals surface area contributed by atoms with Crippen LogP contribution >= 0.6 is 0 Å². The Morgan fingerprint density at radius 1 is 1.57 bits per heavy atom. The van der Waals surface area contributed by atoms with Crippen molar-refractivity contribution in [3.05, 3.63) is 23.4 Å². The van der Waals surface area contributed by atoms with Gasteiger partial charge in [-0.1, -0.05) is 0 Å². The third-order valence-corrected chi connectivity index (χ3v) is 2.14. The fourth-order valence-electron chi connectivity index (χ4n) is 1.21. The molecule has 0 bridgehead atoms. The summed E-state index contributed by atoms with van der Waals surface area (Å²) >= 11 is 0. The average Bonchev–Trinajstić information content (AvgIpc) is 2.12. The molecule has 0 atom stereocenters. The van der Waals surface area contributed by atoms with E-state index in [4.69, 9.17) is 10.00 Å². The molecule has 0 aliphatic carbocycles. The lowest BCUT2D eigenvalue weighted by molar-refractivity contribution is 0.135. The normalized spacial score (nSPS) is 15.7. The number of nitrogens with zero attached hydrogens (tertiary/aromatic N) is 2. The number of hydrogen-bond donors (Lipinski definition) is 1. The minimum absolute atomic E-state index is 0.163. The summed E-state index contributed by atoms with van der Waals surface area (Å²) in [5, 5.41) is 11.9. The fraction of sp³-hybridized carbons (Fsp3) is 0.400. The number of hydrogen-bond acceptors (Lipinski definition) is 4. The van der Waals surface area contributed by atoms with Crippen molar-refractivity contribution in [3.63, 3.8) is 0 Å². The Hall–Kier alpha value is -1.60. The molecule has 2 heterocycles. The smallest absolute Gasteiger partial charge is 0.232 e. The van der Waals surface area contributed by atoms with Gasteiger partial charge in [0.2, 0.25) is 5.88 Å². The van der Waals surface area contributed by atoms with Crippen LogP contribution in [0.3, 0.4) is 0 Å². The number of nitriles is 1. The lowest BCUT2D eigenvalue weighted by Gasteiger charge is -2.27. The highest BCUT2D eigenvalue weighted by molar-refractivity contribution is 5.38. The van der Waals surface area contributed by atoms with Crippen LogP contribution in [0, 0.1) is 18.3 Å². The molecule has 0 saturated carbocycles. The third kappa shape index (κ3) is 1.68. The van der Waals surface area contributed by atoms with Crippen molar-refractivity contribution in [2.45, 2.75) is 13.0 Å². The molecule has 1 aliphatic rings. The first-order valence-electron chi connectivity index (χ1n) is 4.54. The molecular weight excluding hydrogens is 178 g/mol. The van der Waals surface area contributed by atoms with Crippen molar-refractivity contribution >= 4 is 0 Å². The first-order valence-corrected chi connectivity index (χ1v) is 4.54. The molecule has 1 aliphatic heterocycles. The molecule has 0 aromatic carbocycles. The number of pyridine rings is 1. The van der Waals surface area contributed by atoms with Crippen molar-refractivity contribution in [1.29, 1.82) is 5.26 Å². The summed E-state index contributed by atoms with van der Waals surface area (Å²) in [6.07, 6.45) is 0.163. The Labute approximate surface area is 82.5 Å². The number of nitrogens with one attached hydrogen (secondary N) is 1. The minimum Gasteiger partial charge on any atom is -0.471 e. The van der Waals surface area contributed by atoms with E-state index in [2.05, 4.69) is 16.4 Å². The minimum atomic E-state index is 0.163. The molecule has 14 heavy (non-hydrogen) atoms. The summed E-state index contributed by atoms with van der Waals surface area (Å²) in [4.78, 5) is 4.19. The highest BCUT2D eigenvalue weighted by atomic mass is 16.5. The van der Waals surface area contributed by atoms with Gasteiger partial charge in [-0.3, -0.25) is 0 Å². The van der Waals surface area contributed by atoms with E-state index in [9.17, 15) is 0 Å². The molecule has 4 heteroatoms. The summed E-state index contributed by atoms with van der Waals surface area (Å²) in [6, 6.07) is 5.62. The van der Waals surface area contributed by atoms with E-state index in [-0.39, 0.29) is 6.10 Å². The Morgan fingerprint density at radius 2 is 2.36 bits per heavy atom. The number of ether oxygens (including phenoxy) is 1. The second-order valence-electron chi connectivity index (χ2n) is 3.32. The highest BCUT2D eigenvalue weighted by Crippen LogP contribution is 2.17. The van der Waals surface area contributed by atoms with E-state index in [1.54, 1.807) is 6.07 Å². The Bertz CT molecular complexity index is 379. The van der Waals surface area contributed by atoms with Gasteiger partial charge in [0.15, 0.2) is 0 Å². The van der Waals surface area contributed by atoms with Crippen LogP contribution in [0.2, 0.25) is 0 Å². The van der Waals surface area contributed by atoms with Crippen LogP contribution in [0.25, 0.3) is 0 Å². The van der Waals surface area contributed by atoms with Crippen molar-refractivity contribution < 1.29 is 4.74 Å². The largest absolute Gasteiger partial charge is 0.471 e. The number of aryl methyl sites for hydroxylation is 1. The van der Waals surface area contributed by atoms with Gasteiger partial charge >= 0.3 is 0 Å². The average molecular weight is 189 g/mol. The van der Waals surface area contributed by atoms with Crippen molar-refractivity contribution in [1.82, 2.24) is 10.3 Å². The zero-order valence-electron chi connectivity index (χ0n) is 7.95. The summed E-state index contributed by atoms with van der Waals surface area (Å²) in [6.45, 7) is 3.55. The molecule has 4 nitrogen and oxygen atoms in total. The van der Waals surface area contributed by atoms with Crippen molar-refractivity contribution in [2.24, 2.45) is 0 Å². The first kappa shape index (κ1) is 8.97. The maximum Gasteiger partial charge on any atom is 0.232 e. The Kier molecular flexibility index (Phi) is 2.33. The van der Waals surface area contributed by atoms with Gasteiger partial charge in [0.1, 0.15) is 17.7 Å². The van der Waals surface area contributed by atoms with E-state index in [0.29, 0.717) is 11.4 Å². The van der Waals surface area contributed by atoms with Gasteiger partial charge in [0.25, 0.3) is 0 Å². The van der Waals surface area contributed by atoms with E-state index in [1.807, 2.05) is 13.0 Å². The standard InChI is InChI=1S/C10H11N3O/c1-7-2-3-8(4-11)10(13-7)14-9-5-12-6-9/h2-3,9,12H,5-6H2,1H3. The van der Waals surface area contributed by atoms with Gasteiger partial charge in [-0.2, -0.15) is 5.26 Å². The number of aromatic nitrogens is 1. The third-order valence-electron chi connectivity index (χ3n) is 2.14. The molecule has 1 fully saturated rings. The summed E-state index contributed by atoms with van der Waals surface area (Å²) < 4.78 is 5.56. The predicted octanol–water partition coefficient (Wildman–Crippen LogP) is 0.612. The second kappa shape index (κ2) is 3.64. The van der Waals surface area contributed by atoms with Crippen LogP contribution in [0.4, 0.5) is 0 Å². The van der Waals surface area contributed by atoms with Gasteiger partial charge in [0, 0.05) is 18.8 Å². The molecule has 1 saturated heterocycles. The van der Waals surface area contributed by atoms with E-state index >= 15 is 0 Å². The van der Waals surface area contributed by atoms with E-state index in [0.717, 1.165) is 18.8 Å². The fourth-order valence-corrected chi connectivity index (χ4v) is 1.21. The molecule has 0 unspecified atom stereocenters. The summed E-state index contributed by atoms with van der Waals surface area (Å²) in [7, 11) is 0. The molecule has 1 aromatic heterocycles. The summed E-state index contributed by atoms with van der Waals surface area (Å²) in [5.74, 6) is 0.457. The van der Waals surface area contributed by atoms with Gasteiger partial charge < -0.3 is 10.1 Å². The van der Waals surface area contributed by atoms with Crippen LogP contribution < -0.4 is 10.1 Å². The lowest BCUT2D eigenvalue weighted by atomic mass is 10.2. The second-order valence-corrected chi connectivity index (χ2v) is 3.32. The molecule has 1 aromatic rings. The monoisotopic (exact) mass is 189 g/mol. The van der Waals surface area contributed by atoms with Crippen LogP contribution in [-0.2, 0) is 0 Å². The number of rotatable bonds is 2. The lowest BCUT2D eigenvalue weighted by Crippen LogP contribution is -2.50. The zero-order valence-corrected chi connectivity index (χ0v) is 7.95. The molecule has 2 rings (SSSR count). The quantitative estimate of drug-likeness (QED) is 0.740. The summed E-state index contributed by atoms with van der Waals surface area (Å²) in [5.41, 5.74) is 1.37. The zero-order chi connectivity index (χ0) is 9.97. The molecule has 0 spiro atoms. The maximum absolute atomic E-state index is 8.83. The van der Waals surface area contributed by atoms with E-state index < -0.39 is 0 Å². The van der Waals surface area contributed by atoms with Gasteiger partial charge in [-0.05, 0) is 19.1 Å². The van der Waals surface area contributed by atoms with Crippen molar-refractivity contribution in [3.8, 4) is 11.9 Å². The van der Waals surface area contributed by atoms with E-state index in [1.165, 1.54) is 0 Å². The van der Waals surface area contributed by atoms with Crippen molar-refractivity contribution in [2.75, 3.05) is 13.1 Å². The van der Waals surface area contributed by atoms with Gasteiger partial charge in [-0.15, -0.1) is 0 Å². The van der Waals surface area contributed by atoms with Gasteiger partial charge in [0.05, 0.1) is 0 Å². The predicted molar refractivity (Wildman–Crippen MR) is 51.0 cm³/mol. The molecule has 0 amide bonds. The molecule has 1 N–H and O–H groups in total. The molecule has 0 radical (unpaired) electrons. The van der Waals surface area contributed by atoms with Crippen LogP contribution in [0.15, 0.2) is 12.1 Å². The van der Waals surface area contributed by atoms with Crippen LogP contribution in [0.1, 0.15) is 11.3 Å². The molecular formula is C10H11N3O. The SMILES string of the molecule is Cc1ccc(C#N)c(OC2CNC2)n1. The maximum atomic E-state index is 8.83. The molecule has 72 valence electrons. The Balaban J connectivity index is 2.21. The highest BCUT2D eigenvalue weighted by Gasteiger charge is 2.20. The Morgan fingerprint density at radius 3 is 2.93 bits per heavy atom. The van der Waals surface area contributed by atoms with Gasteiger partial charge in [-0.25, -0.2) is 4.98 Å². The van der Waals surface area contributed by atoms with Crippen LogP contribution in [-0.4, -0.2) is 24.2 Å².